The van der Waals surface area contributed by atoms with Gasteiger partial charge < -0.3 is 5.73 Å². The number of hydrogen-bond acceptors (Lipinski definition) is 3. The number of rotatable bonds is 5. The van der Waals surface area contributed by atoms with Crippen molar-refractivity contribution in [1.29, 1.82) is 0 Å². The van der Waals surface area contributed by atoms with Gasteiger partial charge in [0.15, 0.2) is 0 Å². The van der Waals surface area contributed by atoms with E-state index in [9.17, 15) is 13.2 Å². The summed E-state index contributed by atoms with van der Waals surface area (Å²) < 4.78 is 27.5. The van der Waals surface area contributed by atoms with Crippen molar-refractivity contribution in [3.8, 4) is 0 Å². The molecule has 0 fully saturated rings. The highest BCUT2D eigenvalue weighted by molar-refractivity contribution is 14.1. The first-order valence-electron chi connectivity index (χ1n) is 6.24. The Morgan fingerprint density at radius 3 is 2.43 bits per heavy atom. The summed E-state index contributed by atoms with van der Waals surface area (Å²) in [4.78, 5) is 11.2. The fraction of sp³-hybridized carbons (Fsp3) is 0.0714. The topological polar surface area (TPSA) is 80.5 Å². The highest BCUT2D eigenvalue weighted by atomic mass is 127. The highest BCUT2D eigenvalue weighted by Crippen LogP contribution is 2.32. The minimum atomic E-state index is -4.11. The number of benzene rings is 2. The van der Waals surface area contributed by atoms with Crippen LogP contribution >= 0.6 is 45.8 Å². The van der Waals surface area contributed by atoms with Crippen molar-refractivity contribution in [2.24, 2.45) is 5.73 Å². The molecule has 1 amide bonds. The zero-order chi connectivity index (χ0) is 17.2. The van der Waals surface area contributed by atoms with E-state index in [-0.39, 0.29) is 14.9 Å². The molecule has 0 saturated carbocycles. The number of carbonyl (C=O) groups is 1. The Balaban J connectivity index is 2.65. The van der Waals surface area contributed by atoms with Gasteiger partial charge in [-0.15, -0.1) is 0 Å². The maximum absolute atomic E-state index is 13.0. The molecule has 23 heavy (non-hydrogen) atoms. The van der Waals surface area contributed by atoms with E-state index in [1.54, 1.807) is 24.3 Å². The van der Waals surface area contributed by atoms with Crippen LogP contribution in [0.1, 0.15) is 0 Å². The minimum absolute atomic E-state index is 0.00908. The lowest BCUT2D eigenvalue weighted by Crippen LogP contribution is -2.39. The molecular formula is C14H11Cl2IN2O3S. The van der Waals surface area contributed by atoms with Crippen LogP contribution in [0.4, 0.5) is 5.69 Å². The fourth-order valence-corrected chi connectivity index (χ4v) is 4.92. The van der Waals surface area contributed by atoms with Gasteiger partial charge in [0.2, 0.25) is 5.91 Å². The van der Waals surface area contributed by atoms with Crippen LogP contribution in [0.3, 0.4) is 0 Å². The molecule has 0 radical (unpaired) electrons. The van der Waals surface area contributed by atoms with Crippen molar-refractivity contribution in [2.45, 2.75) is 4.90 Å². The predicted molar refractivity (Wildman–Crippen MR) is 99.3 cm³/mol. The molecule has 5 nitrogen and oxygen atoms in total. The molecule has 0 unspecified atom stereocenters. The predicted octanol–water partition coefficient (Wildman–Crippen LogP) is 3.28. The molecule has 122 valence electrons. The summed E-state index contributed by atoms with van der Waals surface area (Å²) in [6, 6.07) is 10.8. The van der Waals surface area contributed by atoms with Crippen molar-refractivity contribution in [2.75, 3.05) is 10.8 Å². The zero-order valence-electron chi connectivity index (χ0n) is 11.5. The molecule has 2 N–H and O–H groups in total. The Morgan fingerprint density at radius 2 is 1.83 bits per heavy atom. The second-order valence-corrected chi connectivity index (χ2v) is 8.34. The molecule has 2 rings (SSSR count). The first-order chi connectivity index (χ1) is 10.7. The third-order valence-corrected chi connectivity index (χ3v) is 6.27. The van der Waals surface area contributed by atoms with Crippen LogP contribution in [0.25, 0.3) is 0 Å². The lowest BCUT2D eigenvalue weighted by molar-refractivity contribution is -0.116. The minimum Gasteiger partial charge on any atom is -0.368 e. The number of halogens is 3. The highest BCUT2D eigenvalue weighted by Gasteiger charge is 2.29. The van der Waals surface area contributed by atoms with Crippen LogP contribution < -0.4 is 10.0 Å². The summed E-state index contributed by atoms with van der Waals surface area (Å²) in [6.07, 6.45) is 0. The van der Waals surface area contributed by atoms with Crippen molar-refractivity contribution in [1.82, 2.24) is 0 Å². The average molecular weight is 485 g/mol. The molecule has 0 saturated heterocycles. The second kappa shape index (κ2) is 7.25. The number of primary amides is 1. The van der Waals surface area contributed by atoms with Crippen LogP contribution in [0.5, 0.6) is 0 Å². The van der Waals surface area contributed by atoms with Gasteiger partial charge in [-0.1, -0.05) is 35.3 Å². The monoisotopic (exact) mass is 484 g/mol. The van der Waals surface area contributed by atoms with E-state index < -0.39 is 22.5 Å². The molecular weight excluding hydrogens is 474 g/mol. The van der Waals surface area contributed by atoms with Gasteiger partial charge in [0.1, 0.15) is 11.4 Å². The van der Waals surface area contributed by atoms with Gasteiger partial charge in [0.05, 0.1) is 10.7 Å². The number of sulfonamides is 1. The van der Waals surface area contributed by atoms with Gasteiger partial charge in [-0.2, -0.15) is 0 Å². The molecule has 2 aromatic rings. The standard InChI is InChI=1S/C14H11Cl2IN2O3S/c15-9-5-6-10(16)13(7-9)23(21,22)19(8-14(18)20)12-4-2-1-3-11(12)17/h1-7H,8H2,(H2,18,20). The number of hydrogen-bond donors (Lipinski definition) is 1. The normalized spacial score (nSPS) is 11.3. The number of nitrogens with two attached hydrogens (primary N) is 1. The quantitative estimate of drug-likeness (QED) is 0.661. The van der Waals surface area contributed by atoms with E-state index in [0.717, 1.165) is 4.31 Å². The Hall–Kier alpha value is -1.03. The Kier molecular flexibility index (Phi) is 5.77. The Bertz CT molecular complexity index is 859. The van der Waals surface area contributed by atoms with Crippen molar-refractivity contribution in [3.63, 3.8) is 0 Å². The third-order valence-electron chi connectivity index (χ3n) is 2.88. The van der Waals surface area contributed by atoms with Gasteiger partial charge in [-0.25, -0.2) is 8.42 Å². The van der Waals surface area contributed by atoms with Gasteiger partial charge in [-0.3, -0.25) is 9.10 Å². The van der Waals surface area contributed by atoms with Crippen LogP contribution in [0, 0.1) is 3.57 Å². The molecule has 0 aliphatic rings. The molecule has 0 heterocycles. The van der Waals surface area contributed by atoms with Crippen LogP contribution in [0.2, 0.25) is 10.0 Å². The maximum Gasteiger partial charge on any atom is 0.266 e. The number of amides is 1. The number of carbonyl (C=O) groups excluding carboxylic acids is 1. The van der Waals surface area contributed by atoms with Crippen LogP contribution in [-0.2, 0) is 14.8 Å². The Morgan fingerprint density at radius 1 is 1.17 bits per heavy atom. The van der Waals surface area contributed by atoms with Crippen molar-refractivity contribution >= 4 is 67.4 Å². The maximum atomic E-state index is 13.0. The molecule has 9 heteroatoms. The van der Waals surface area contributed by atoms with E-state index in [1.807, 2.05) is 22.6 Å². The number of para-hydroxylation sites is 1. The summed E-state index contributed by atoms with van der Waals surface area (Å²) in [5, 5.41) is 0.226. The van der Waals surface area contributed by atoms with Crippen LogP contribution in [-0.4, -0.2) is 20.9 Å². The molecule has 0 spiro atoms. The molecule has 2 aromatic carbocycles. The van der Waals surface area contributed by atoms with Gasteiger partial charge in [0, 0.05) is 8.59 Å². The van der Waals surface area contributed by atoms with Crippen molar-refractivity contribution < 1.29 is 13.2 Å². The number of anilines is 1. The van der Waals surface area contributed by atoms with Crippen molar-refractivity contribution in [3.05, 3.63) is 56.1 Å². The summed E-state index contributed by atoms with van der Waals surface area (Å²) in [7, 11) is -4.11. The van der Waals surface area contributed by atoms with Gasteiger partial charge >= 0.3 is 0 Å². The third kappa shape index (κ3) is 4.09. The SMILES string of the molecule is NC(=O)CN(c1ccccc1I)S(=O)(=O)c1cc(Cl)ccc1Cl. The first kappa shape index (κ1) is 18.3. The zero-order valence-corrected chi connectivity index (χ0v) is 16.0. The summed E-state index contributed by atoms with van der Waals surface area (Å²) in [6.45, 7) is -0.509. The summed E-state index contributed by atoms with van der Waals surface area (Å²) >= 11 is 13.9. The lowest BCUT2D eigenvalue weighted by atomic mass is 10.3. The van der Waals surface area contributed by atoms with Gasteiger partial charge in [0.25, 0.3) is 10.0 Å². The Labute approximate surface area is 157 Å². The van der Waals surface area contributed by atoms with Crippen LogP contribution in [0.15, 0.2) is 47.4 Å². The molecule has 0 aliphatic heterocycles. The second-order valence-electron chi connectivity index (χ2n) is 4.50. The largest absolute Gasteiger partial charge is 0.368 e. The van der Waals surface area contributed by atoms with E-state index in [0.29, 0.717) is 9.26 Å². The van der Waals surface area contributed by atoms with Gasteiger partial charge in [-0.05, 0) is 52.9 Å². The summed E-state index contributed by atoms with van der Waals surface area (Å²) in [5.41, 5.74) is 5.55. The van der Waals surface area contributed by atoms with E-state index in [1.165, 1.54) is 18.2 Å². The average Bonchev–Trinajstić information content (AvgIpc) is 2.48. The molecule has 0 atom stereocenters. The molecule has 0 aliphatic carbocycles. The fourth-order valence-electron chi connectivity index (χ4n) is 1.89. The molecule has 0 aromatic heterocycles. The number of nitrogens with zero attached hydrogens (tertiary/aromatic N) is 1. The smallest absolute Gasteiger partial charge is 0.266 e. The van der Waals surface area contributed by atoms with E-state index in [2.05, 4.69) is 0 Å². The van der Waals surface area contributed by atoms with E-state index >= 15 is 0 Å². The lowest BCUT2D eigenvalue weighted by Gasteiger charge is -2.24. The first-order valence-corrected chi connectivity index (χ1v) is 9.51. The molecule has 0 bridgehead atoms. The van der Waals surface area contributed by atoms with E-state index in [4.69, 9.17) is 28.9 Å². The summed E-state index contributed by atoms with van der Waals surface area (Å²) in [5.74, 6) is -0.786.